The maximum atomic E-state index is 12.1. The smallest absolute Gasteiger partial charge is 0.297 e. The molecule has 11 nitrogen and oxygen atoms in total. The summed E-state index contributed by atoms with van der Waals surface area (Å²) in [6.45, 7) is 3.31. The molecule has 4 N–H and O–H groups in total. The summed E-state index contributed by atoms with van der Waals surface area (Å²) < 4.78 is 73.1. The molecule has 0 rings (SSSR count). The minimum absolute atomic E-state index is 0.109. The van der Waals surface area contributed by atoms with Crippen LogP contribution in [-0.4, -0.2) is 116 Å². The minimum Gasteiger partial charge on any atom is -0.386 e. The van der Waals surface area contributed by atoms with Gasteiger partial charge in [-0.15, -0.1) is 0 Å². The Morgan fingerprint density at radius 3 is 1.73 bits per heavy atom. The molecular weight excluding hydrogens is 524 g/mol. The van der Waals surface area contributed by atoms with Crippen LogP contribution in [0.1, 0.15) is 84.5 Å². The van der Waals surface area contributed by atoms with E-state index < -0.39 is 36.6 Å². The lowest BCUT2D eigenvalue weighted by atomic mass is 10.1. The van der Waals surface area contributed by atoms with E-state index in [1.807, 2.05) is 21.1 Å². The van der Waals surface area contributed by atoms with Crippen LogP contribution in [0.15, 0.2) is 0 Å². The van der Waals surface area contributed by atoms with Crippen molar-refractivity contribution in [1.29, 1.82) is 0 Å². The molecule has 0 aliphatic rings. The number of ether oxygens (including phenoxy) is 1. The Balaban J connectivity index is 4.84. The maximum absolute atomic E-state index is 12.1. The topological polar surface area (TPSA) is 162 Å². The number of unbranched alkanes of at least 4 members (excludes halogenated alkanes) is 9. The van der Waals surface area contributed by atoms with Crippen molar-refractivity contribution in [3.05, 3.63) is 0 Å². The molecule has 0 aliphatic heterocycles. The lowest BCUT2D eigenvalue weighted by molar-refractivity contribution is -0.873. The van der Waals surface area contributed by atoms with E-state index in [0.717, 1.165) is 24.2 Å². The van der Waals surface area contributed by atoms with Crippen LogP contribution in [0, 0.1) is 0 Å². The third-order valence-electron chi connectivity index (χ3n) is 6.17. The molecule has 3 atom stereocenters. The number of aliphatic hydroxyl groups excluding tert-OH is 1. The molecule has 3 unspecified atom stereocenters. The number of likely N-dealkylation sites (N-methyl/N-ethyl adjacent to an activating group) is 1. The maximum Gasteiger partial charge on any atom is 0.297 e. The zero-order valence-corrected chi connectivity index (χ0v) is 25.1. The quantitative estimate of drug-likeness (QED) is 0.0806. The molecule has 0 saturated heterocycles. The first-order valence-corrected chi connectivity index (χ1v) is 16.3. The molecule has 224 valence electrons. The Bertz CT molecular complexity index is 813. The molecule has 0 heterocycles. The molecule has 0 fully saturated rings. The van der Waals surface area contributed by atoms with E-state index in [9.17, 15) is 36.2 Å². The minimum atomic E-state index is -5.30. The zero-order valence-electron chi connectivity index (χ0n) is 23.5. The summed E-state index contributed by atoms with van der Waals surface area (Å²) in [7, 11) is -5.06. The number of hydrogen-bond donors (Lipinski definition) is 4. The van der Waals surface area contributed by atoms with Crippen molar-refractivity contribution >= 4 is 20.2 Å². The lowest BCUT2D eigenvalue weighted by Crippen LogP contribution is -2.61. The predicted molar refractivity (Wildman–Crippen MR) is 145 cm³/mol. The fraction of sp³-hybridized carbons (Fsp3) is 1.00. The van der Waals surface area contributed by atoms with Crippen molar-refractivity contribution in [3.8, 4) is 0 Å². The van der Waals surface area contributed by atoms with E-state index in [-0.39, 0.29) is 32.7 Å². The Morgan fingerprint density at radius 2 is 1.30 bits per heavy atom. The highest BCUT2D eigenvalue weighted by atomic mass is 32.2. The number of nitrogens with zero attached hydrogens (tertiary/aromatic N) is 2. The van der Waals surface area contributed by atoms with Gasteiger partial charge in [-0.1, -0.05) is 64.7 Å². The van der Waals surface area contributed by atoms with Gasteiger partial charge in [0.25, 0.3) is 20.2 Å². The summed E-state index contributed by atoms with van der Waals surface area (Å²) in [6, 6.07) is 0. The van der Waals surface area contributed by atoms with E-state index in [1.165, 1.54) is 44.9 Å². The van der Waals surface area contributed by atoms with E-state index in [4.69, 9.17) is 4.74 Å². The monoisotopic (exact) mass is 577 g/mol. The molecule has 0 bridgehead atoms. The Hall–Kier alpha value is -0.380. The molecule has 37 heavy (non-hydrogen) atoms. The van der Waals surface area contributed by atoms with Crippen LogP contribution in [0.2, 0.25) is 0 Å². The summed E-state index contributed by atoms with van der Waals surface area (Å²) in [5.41, 5.74) is 0. The second kappa shape index (κ2) is 17.3. The van der Waals surface area contributed by atoms with Gasteiger partial charge in [0, 0.05) is 26.3 Å². The van der Waals surface area contributed by atoms with Crippen LogP contribution in [0.4, 0.5) is 0 Å². The van der Waals surface area contributed by atoms with Gasteiger partial charge in [-0.05, 0) is 19.8 Å². The van der Waals surface area contributed by atoms with Crippen LogP contribution in [0.3, 0.4) is 0 Å². The van der Waals surface area contributed by atoms with Crippen LogP contribution < -0.4 is 0 Å². The first-order valence-electron chi connectivity index (χ1n) is 13.4. The first-order chi connectivity index (χ1) is 16.9. The van der Waals surface area contributed by atoms with Crippen molar-refractivity contribution in [2.24, 2.45) is 0 Å². The van der Waals surface area contributed by atoms with Gasteiger partial charge in [0.05, 0.1) is 21.1 Å². The second-order valence-electron chi connectivity index (χ2n) is 11.2. The molecule has 0 aliphatic carbocycles. The summed E-state index contributed by atoms with van der Waals surface area (Å²) in [5.74, 6) is 0. The molecule has 0 amide bonds. The van der Waals surface area contributed by atoms with Gasteiger partial charge in [-0.3, -0.25) is 14.0 Å². The highest BCUT2D eigenvalue weighted by Gasteiger charge is 2.53. The highest BCUT2D eigenvalue weighted by molar-refractivity contribution is 7.90. The molecule has 13 heteroatoms. The van der Waals surface area contributed by atoms with E-state index in [0.29, 0.717) is 18.0 Å². The standard InChI is InChI=1S/C24H52N2O9S2/c1-6-7-8-9-10-11-12-13-14-15-18-35-19-16-17-25(20-22(27)21-26(3,4)5)23(36(29,30)31)24(2,28)37(32,33)34/h22-23,27-28H,6-21H2,1-5H3,(H-,29,30,31,32,33,34)/p+1. The summed E-state index contributed by atoms with van der Waals surface area (Å²) in [5, 5.41) is 18.5. The fourth-order valence-electron chi connectivity index (χ4n) is 4.36. The lowest BCUT2D eigenvalue weighted by Gasteiger charge is -2.38. The Kier molecular flexibility index (Phi) is 17.2. The molecule has 0 saturated carbocycles. The zero-order chi connectivity index (χ0) is 28.8. The SMILES string of the molecule is CCCCCCCCCCCCOCCCN(CC(O)C[N+](C)(C)C)C(C(C)(O)S(=O)(=O)O)S(=O)(=O)O. The normalized spacial score (nSPS) is 16.6. The molecule has 0 radical (unpaired) electrons. The van der Waals surface area contributed by atoms with Crippen molar-refractivity contribution < 1.29 is 45.4 Å². The highest BCUT2D eigenvalue weighted by Crippen LogP contribution is 2.27. The van der Waals surface area contributed by atoms with Crippen LogP contribution >= 0.6 is 0 Å². The summed E-state index contributed by atoms with van der Waals surface area (Å²) in [4.78, 5) is -2.26. The molecular formula is C24H53N2O9S2+. The van der Waals surface area contributed by atoms with Gasteiger partial charge in [-0.2, -0.15) is 16.8 Å². The summed E-state index contributed by atoms with van der Waals surface area (Å²) in [6.07, 6.45) is 11.2. The van der Waals surface area contributed by atoms with Crippen molar-refractivity contribution in [1.82, 2.24) is 4.90 Å². The Labute approximate surface area is 225 Å². The number of hydrogen-bond acceptors (Lipinski definition) is 8. The third kappa shape index (κ3) is 16.4. The number of aliphatic hydroxyl groups is 2. The van der Waals surface area contributed by atoms with E-state index in [2.05, 4.69) is 6.92 Å². The average Bonchev–Trinajstić information content (AvgIpc) is 2.70. The van der Waals surface area contributed by atoms with Crippen molar-refractivity contribution in [2.45, 2.75) is 101 Å². The number of rotatable bonds is 23. The molecule has 0 aromatic heterocycles. The van der Waals surface area contributed by atoms with Gasteiger partial charge in [-0.25, -0.2) is 0 Å². The van der Waals surface area contributed by atoms with Crippen LogP contribution in [-0.2, 0) is 25.0 Å². The van der Waals surface area contributed by atoms with Gasteiger partial charge in [0.15, 0.2) is 5.37 Å². The molecule has 0 aromatic rings. The van der Waals surface area contributed by atoms with Gasteiger partial charge in [0.2, 0.25) is 4.93 Å². The van der Waals surface area contributed by atoms with Crippen molar-refractivity contribution in [2.75, 3.05) is 54.0 Å². The predicted octanol–water partition coefficient (Wildman–Crippen LogP) is 2.49. The fourth-order valence-corrected chi connectivity index (χ4v) is 6.61. The third-order valence-corrected chi connectivity index (χ3v) is 8.91. The first kappa shape index (κ1) is 36.6. The van der Waals surface area contributed by atoms with Crippen molar-refractivity contribution in [3.63, 3.8) is 0 Å². The largest absolute Gasteiger partial charge is 0.386 e. The van der Waals surface area contributed by atoms with Gasteiger partial charge in [0.1, 0.15) is 12.6 Å². The van der Waals surface area contributed by atoms with Crippen LogP contribution in [0.5, 0.6) is 0 Å². The van der Waals surface area contributed by atoms with E-state index >= 15 is 0 Å². The average molecular weight is 578 g/mol. The van der Waals surface area contributed by atoms with Gasteiger partial charge < -0.3 is 19.4 Å². The summed E-state index contributed by atoms with van der Waals surface area (Å²) >= 11 is 0. The second-order valence-corrected chi connectivity index (χ2v) is 14.4. The molecule has 0 aromatic carbocycles. The number of quaternary nitrogens is 1. The van der Waals surface area contributed by atoms with Crippen LogP contribution in [0.25, 0.3) is 0 Å². The van der Waals surface area contributed by atoms with E-state index in [1.54, 1.807) is 0 Å². The molecule has 0 spiro atoms. The Morgan fingerprint density at radius 1 is 0.838 bits per heavy atom. The van der Waals surface area contributed by atoms with Gasteiger partial charge >= 0.3 is 0 Å².